The van der Waals surface area contributed by atoms with Crippen molar-refractivity contribution in [3.8, 4) is 5.75 Å². The van der Waals surface area contributed by atoms with Gasteiger partial charge in [0.1, 0.15) is 5.75 Å². The van der Waals surface area contributed by atoms with Crippen molar-refractivity contribution in [2.75, 3.05) is 17.2 Å². The van der Waals surface area contributed by atoms with Crippen molar-refractivity contribution in [3.63, 3.8) is 0 Å². The fourth-order valence-corrected chi connectivity index (χ4v) is 3.24. The van der Waals surface area contributed by atoms with E-state index in [1.807, 2.05) is 69.3 Å². The molecule has 2 amide bonds. The Bertz CT molecular complexity index is 745. The van der Waals surface area contributed by atoms with E-state index in [9.17, 15) is 9.59 Å². The first-order valence-corrected chi connectivity index (χ1v) is 10.00. The highest BCUT2D eigenvalue weighted by Gasteiger charge is 2.15. The summed E-state index contributed by atoms with van der Waals surface area (Å²) in [6.45, 7) is 6.38. The molecule has 0 heterocycles. The molecule has 5 nitrogen and oxygen atoms in total. The number of nitrogens with one attached hydrogen (secondary N) is 2. The van der Waals surface area contributed by atoms with Crippen LogP contribution in [0.5, 0.6) is 5.75 Å². The van der Waals surface area contributed by atoms with Gasteiger partial charge in [-0.25, -0.2) is 0 Å². The SMILES string of the molecule is CCCC(=O)Nc1ccc(SC(C)C(=O)Nc2ccc(OCC)cc2)cc1. The molecule has 0 aliphatic carbocycles. The molecule has 0 fully saturated rings. The molecule has 0 saturated heterocycles. The van der Waals surface area contributed by atoms with Crippen molar-refractivity contribution in [2.24, 2.45) is 0 Å². The van der Waals surface area contributed by atoms with Crippen molar-refractivity contribution in [1.82, 2.24) is 0 Å². The number of thioether (sulfide) groups is 1. The van der Waals surface area contributed by atoms with Crippen molar-refractivity contribution >= 4 is 35.0 Å². The quantitative estimate of drug-likeness (QED) is 0.599. The minimum Gasteiger partial charge on any atom is -0.494 e. The van der Waals surface area contributed by atoms with E-state index in [0.29, 0.717) is 13.0 Å². The van der Waals surface area contributed by atoms with Crippen LogP contribution in [0.2, 0.25) is 0 Å². The van der Waals surface area contributed by atoms with Gasteiger partial charge < -0.3 is 15.4 Å². The topological polar surface area (TPSA) is 67.4 Å². The van der Waals surface area contributed by atoms with E-state index in [1.54, 1.807) is 0 Å². The minimum atomic E-state index is -0.253. The zero-order chi connectivity index (χ0) is 19.6. The van der Waals surface area contributed by atoms with Gasteiger partial charge in [0.2, 0.25) is 11.8 Å². The van der Waals surface area contributed by atoms with E-state index < -0.39 is 0 Å². The van der Waals surface area contributed by atoms with Crippen molar-refractivity contribution in [3.05, 3.63) is 48.5 Å². The van der Waals surface area contributed by atoms with Gasteiger partial charge in [-0.1, -0.05) is 6.92 Å². The van der Waals surface area contributed by atoms with Crippen LogP contribution in [0, 0.1) is 0 Å². The molecule has 2 aromatic rings. The fourth-order valence-electron chi connectivity index (χ4n) is 2.37. The van der Waals surface area contributed by atoms with Crippen LogP contribution in [-0.4, -0.2) is 23.7 Å². The maximum atomic E-state index is 12.4. The number of anilines is 2. The highest BCUT2D eigenvalue weighted by Crippen LogP contribution is 2.26. The molecule has 27 heavy (non-hydrogen) atoms. The molecule has 1 atom stereocenters. The maximum absolute atomic E-state index is 12.4. The Labute approximate surface area is 164 Å². The van der Waals surface area contributed by atoms with Crippen LogP contribution in [0.1, 0.15) is 33.6 Å². The number of hydrogen-bond acceptors (Lipinski definition) is 4. The van der Waals surface area contributed by atoms with E-state index in [4.69, 9.17) is 4.74 Å². The number of carbonyl (C=O) groups is 2. The van der Waals surface area contributed by atoms with Crippen molar-refractivity contribution < 1.29 is 14.3 Å². The molecular weight excluding hydrogens is 360 g/mol. The third-order valence-corrected chi connectivity index (χ3v) is 4.84. The Morgan fingerprint density at radius 1 is 0.963 bits per heavy atom. The summed E-state index contributed by atoms with van der Waals surface area (Å²) in [6, 6.07) is 14.9. The van der Waals surface area contributed by atoms with Crippen LogP contribution in [0.15, 0.2) is 53.4 Å². The molecule has 0 aliphatic rings. The molecule has 0 aromatic heterocycles. The second kappa shape index (κ2) is 10.6. The predicted octanol–water partition coefficient (Wildman–Crippen LogP) is 4.94. The molecule has 2 aromatic carbocycles. The van der Waals surface area contributed by atoms with E-state index in [-0.39, 0.29) is 17.1 Å². The normalized spacial score (nSPS) is 11.5. The lowest BCUT2D eigenvalue weighted by molar-refractivity contribution is -0.116. The smallest absolute Gasteiger partial charge is 0.237 e. The maximum Gasteiger partial charge on any atom is 0.237 e. The van der Waals surface area contributed by atoms with Gasteiger partial charge in [-0.2, -0.15) is 0 Å². The lowest BCUT2D eigenvalue weighted by Gasteiger charge is -2.13. The summed E-state index contributed by atoms with van der Waals surface area (Å²) in [6.07, 6.45) is 1.33. The highest BCUT2D eigenvalue weighted by atomic mass is 32.2. The van der Waals surface area contributed by atoms with Crippen molar-refractivity contribution in [2.45, 2.75) is 43.8 Å². The molecule has 6 heteroatoms. The van der Waals surface area contributed by atoms with E-state index >= 15 is 0 Å². The Balaban J connectivity index is 1.87. The van der Waals surface area contributed by atoms with Gasteiger partial charge in [0.05, 0.1) is 11.9 Å². The largest absolute Gasteiger partial charge is 0.494 e. The van der Waals surface area contributed by atoms with Crippen LogP contribution in [0.25, 0.3) is 0 Å². The van der Waals surface area contributed by atoms with E-state index in [1.165, 1.54) is 11.8 Å². The lowest BCUT2D eigenvalue weighted by Crippen LogP contribution is -2.22. The van der Waals surface area contributed by atoms with Crippen LogP contribution < -0.4 is 15.4 Å². The monoisotopic (exact) mass is 386 g/mol. The highest BCUT2D eigenvalue weighted by molar-refractivity contribution is 8.00. The van der Waals surface area contributed by atoms with Gasteiger partial charge in [-0.05, 0) is 68.8 Å². The number of carbonyl (C=O) groups excluding carboxylic acids is 2. The molecule has 2 N–H and O–H groups in total. The van der Waals surface area contributed by atoms with Gasteiger partial charge >= 0.3 is 0 Å². The molecule has 2 rings (SSSR count). The molecule has 0 spiro atoms. The lowest BCUT2D eigenvalue weighted by atomic mass is 10.3. The molecule has 0 bridgehead atoms. The molecule has 0 saturated carbocycles. The van der Waals surface area contributed by atoms with E-state index in [0.717, 1.165) is 28.4 Å². The second-order valence-corrected chi connectivity index (χ2v) is 7.44. The number of hydrogen-bond donors (Lipinski definition) is 2. The third kappa shape index (κ3) is 6.98. The Morgan fingerprint density at radius 3 is 2.15 bits per heavy atom. The zero-order valence-electron chi connectivity index (χ0n) is 16.0. The third-order valence-electron chi connectivity index (χ3n) is 3.73. The summed E-state index contributed by atoms with van der Waals surface area (Å²) in [7, 11) is 0. The summed E-state index contributed by atoms with van der Waals surface area (Å²) < 4.78 is 5.40. The number of amides is 2. The molecular formula is C21H26N2O3S. The average Bonchev–Trinajstić information content (AvgIpc) is 2.65. The second-order valence-electron chi connectivity index (χ2n) is 6.03. The summed E-state index contributed by atoms with van der Waals surface area (Å²) in [5.41, 5.74) is 1.51. The standard InChI is InChI=1S/C21H26N2O3S/c1-4-6-20(24)22-16-9-13-19(14-10-16)27-15(3)21(25)23-17-7-11-18(12-8-17)26-5-2/h7-15H,4-6H2,1-3H3,(H,22,24)(H,23,25). The number of ether oxygens (including phenoxy) is 1. The summed E-state index contributed by atoms with van der Waals surface area (Å²) in [5.74, 6) is 0.731. The van der Waals surface area contributed by atoms with E-state index in [2.05, 4.69) is 10.6 Å². The van der Waals surface area contributed by atoms with Crippen LogP contribution in [0.4, 0.5) is 11.4 Å². The van der Waals surface area contributed by atoms with Crippen LogP contribution >= 0.6 is 11.8 Å². The number of rotatable bonds is 9. The van der Waals surface area contributed by atoms with Gasteiger partial charge in [0, 0.05) is 22.7 Å². The number of benzene rings is 2. The minimum absolute atomic E-state index is 0.0148. The van der Waals surface area contributed by atoms with Crippen LogP contribution in [0.3, 0.4) is 0 Å². The van der Waals surface area contributed by atoms with Gasteiger partial charge in [-0.15, -0.1) is 11.8 Å². The zero-order valence-corrected chi connectivity index (χ0v) is 16.8. The molecule has 144 valence electrons. The van der Waals surface area contributed by atoms with Gasteiger partial charge in [-0.3, -0.25) is 9.59 Å². The average molecular weight is 387 g/mol. The first-order valence-electron chi connectivity index (χ1n) is 9.12. The van der Waals surface area contributed by atoms with Crippen LogP contribution in [-0.2, 0) is 9.59 Å². The summed E-state index contributed by atoms with van der Waals surface area (Å²) >= 11 is 1.47. The van der Waals surface area contributed by atoms with Gasteiger partial charge in [0.15, 0.2) is 0 Å². The van der Waals surface area contributed by atoms with Crippen molar-refractivity contribution in [1.29, 1.82) is 0 Å². The first-order chi connectivity index (χ1) is 13.0. The predicted molar refractivity (Wildman–Crippen MR) is 112 cm³/mol. The molecule has 0 radical (unpaired) electrons. The summed E-state index contributed by atoms with van der Waals surface area (Å²) in [5, 5.41) is 5.51. The fraction of sp³-hybridized carbons (Fsp3) is 0.333. The molecule has 1 unspecified atom stereocenters. The Hall–Kier alpha value is -2.47. The van der Waals surface area contributed by atoms with Gasteiger partial charge in [0.25, 0.3) is 0 Å². The first kappa shape index (κ1) is 20.8. The Morgan fingerprint density at radius 2 is 1.56 bits per heavy atom. The summed E-state index contributed by atoms with van der Waals surface area (Å²) in [4.78, 5) is 25.0. The molecule has 0 aliphatic heterocycles. The Kier molecular flexibility index (Phi) is 8.20.